The summed E-state index contributed by atoms with van der Waals surface area (Å²) >= 11 is 1.37. The molecule has 0 atom stereocenters. The molecule has 2 heterocycles. The van der Waals surface area contributed by atoms with Crippen molar-refractivity contribution in [3.63, 3.8) is 0 Å². The van der Waals surface area contributed by atoms with Crippen LogP contribution in [0.15, 0.2) is 66.0 Å². The number of carbonyl (C=O) groups is 2. The van der Waals surface area contributed by atoms with Crippen molar-refractivity contribution in [2.75, 3.05) is 12.4 Å². The number of thiophene rings is 1. The van der Waals surface area contributed by atoms with E-state index in [4.69, 9.17) is 0 Å². The molecule has 0 aliphatic carbocycles. The summed E-state index contributed by atoms with van der Waals surface area (Å²) in [7, 11) is 1.73. The molecule has 0 saturated carbocycles. The fourth-order valence-electron chi connectivity index (χ4n) is 2.93. The zero-order chi connectivity index (χ0) is 19.5. The van der Waals surface area contributed by atoms with Crippen LogP contribution in [-0.2, 0) is 6.54 Å². The number of amides is 2. The van der Waals surface area contributed by atoms with E-state index in [9.17, 15) is 9.59 Å². The van der Waals surface area contributed by atoms with Crippen LogP contribution in [0.25, 0.3) is 11.0 Å². The summed E-state index contributed by atoms with van der Waals surface area (Å²) in [5, 5.41) is 4.68. The summed E-state index contributed by atoms with van der Waals surface area (Å²) in [6.07, 6.45) is 0. The van der Waals surface area contributed by atoms with E-state index < -0.39 is 0 Å². The lowest BCUT2D eigenvalue weighted by Crippen LogP contribution is -2.26. The number of hydrogen-bond acceptors (Lipinski definition) is 4. The fourth-order valence-corrected chi connectivity index (χ4v) is 3.55. The molecule has 0 radical (unpaired) electrons. The van der Waals surface area contributed by atoms with Crippen molar-refractivity contribution in [2.45, 2.75) is 6.54 Å². The van der Waals surface area contributed by atoms with E-state index in [1.54, 1.807) is 42.3 Å². The highest BCUT2D eigenvalue weighted by atomic mass is 32.1. The molecular weight excluding hydrogens is 372 g/mol. The first-order valence-corrected chi connectivity index (χ1v) is 9.62. The van der Waals surface area contributed by atoms with Crippen molar-refractivity contribution in [1.29, 1.82) is 0 Å². The van der Waals surface area contributed by atoms with E-state index in [0.29, 0.717) is 22.7 Å². The first kappa shape index (κ1) is 17.9. The van der Waals surface area contributed by atoms with Crippen molar-refractivity contribution in [3.8, 4) is 0 Å². The zero-order valence-electron chi connectivity index (χ0n) is 15.2. The number of H-pyrrole nitrogens is 1. The number of aromatic amines is 1. The number of fused-ring (bicyclic) bond motifs is 1. The molecule has 2 aromatic carbocycles. The summed E-state index contributed by atoms with van der Waals surface area (Å²) in [4.78, 5) is 35.0. The van der Waals surface area contributed by atoms with Gasteiger partial charge in [0.25, 0.3) is 11.8 Å². The molecule has 0 aliphatic heterocycles. The molecule has 4 aromatic rings. The third kappa shape index (κ3) is 3.79. The summed E-state index contributed by atoms with van der Waals surface area (Å²) in [6, 6.07) is 18.3. The smallest absolute Gasteiger partial charge is 0.265 e. The molecule has 0 aliphatic rings. The second kappa shape index (κ2) is 7.66. The first-order chi connectivity index (χ1) is 13.6. The molecule has 0 spiro atoms. The van der Waals surface area contributed by atoms with Crippen molar-refractivity contribution in [3.05, 3.63) is 82.3 Å². The van der Waals surface area contributed by atoms with Gasteiger partial charge in [-0.1, -0.05) is 24.3 Å². The number of para-hydroxylation sites is 2. The van der Waals surface area contributed by atoms with Crippen LogP contribution in [0.3, 0.4) is 0 Å². The molecule has 0 fully saturated rings. The van der Waals surface area contributed by atoms with Gasteiger partial charge in [-0.3, -0.25) is 9.59 Å². The van der Waals surface area contributed by atoms with Crippen LogP contribution >= 0.6 is 11.3 Å². The number of carbonyl (C=O) groups excluding carboxylic acids is 2. The Balaban J connectivity index is 1.47. The largest absolute Gasteiger partial charge is 0.340 e. The minimum atomic E-state index is -0.185. The summed E-state index contributed by atoms with van der Waals surface area (Å²) in [5.41, 5.74) is 2.90. The number of aromatic nitrogens is 2. The van der Waals surface area contributed by atoms with Gasteiger partial charge >= 0.3 is 0 Å². The maximum Gasteiger partial charge on any atom is 0.265 e. The average molecular weight is 390 g/mol. The van der Waals surface area contributed by atoms with Crippen LogP contribution in [-0.4, -0.2) is 33.7 Å². The maximum absolute atomic E-state index is 12.8. The lowest BCUT2D eigenvalue weighted by atomic mass is 10.1. The van der Waals surface area contributed by atoms with Crippen molar-refractivity contribution in [2.24, 2.45) is 0 Å². The van der Waals surface area contributed by atoms with Crippen LogP contribution < -0.4 is 5.32 Å². The topological polar surface area (TPSA) is 78.1 Å². The second-order valence-corrected chi connectivity index (χ2v) is 7.32. The Morgan fingerprint density at radius 2 is 1.96 bits per heavy atom. The van der Waals surface area contributed by atoms with Gasteiger partial charge in [0.2, 0.25) is 0 Å². The van der Waals surface area contributed by atoms with Gasteiger partial charge in [0.05, 0.1) is 22.5 Å². The van der Waals surface area contributed by atoms with Crippen LogP contribution in [0.2, 0.25) is 0 Å². The fraction of sp³-hybridized carbons (Fsp3) is 0.0952. The molecule has 6 nitrogen and oxygen atoms in total. The highest BCUT2D eigenvalue weighted by molar-refractivity contribution is 7.12. The van der Waals surface area contributed by atoms with E-state index in [2.05, 4.69) is 15.3 Å². The molecule has 0 bridgehead atoms. The molecule has 4 rings (SSSR count). The molecule has 28 heavy (non-hydrogen) atoms. The molecule has 2 aromatic heterocycles. The van der Waals surface area contributed by atoms with Crippen molar-refractivity contribution < 1.29 is 9.59 Å². The van der Waals surface area contributed by atoms with Gasteiger partial charge in [0.15, 0.2) is 0 Å². The normalized spacial score (nSPS) is 10.8. The lowest BCUT2D eigenvalue weighted by molar-refractivity contribution is 0.0781. The molecule has 7 heteroatoms. The van der Waals surface area contributed by atoms with E-state index in [1.165, 1.54) is 11.3 Å². The molecule has 0 unspecified atom stereocenters. The van der Waals surface area contributed by atoms with Gasteiger partial charge in [-0.15, -0.1) is 11.3 Å². The standard InChI is InChI=1S/C21H18N4O2S/c1-25(13-19-23-16-8-2-3-9-17(16)24-19)21(27)14-6-4-7-15(12-14)22-20(26)18-10-5-11-28-18/h2-12H,13H2,1H3,(H,22,26)(H,23,24). The Morgan fingerprint density at radius 1 is 1.11 bits per heavy atom. The average Bonchev–Trinajstić information content (AvgIpc) is 3.37. The minimum absolute atomic E-state index is 0.146. The number of nitrogens with zero attached hydrogens (tertiary/aromatic N) is 2. The molecular formula is C21H18N4O2S. The summed E-state index contributed by atoms with van der Waals surface area (Å²) in [6.45, 7) is 0.360. The summed E-state index contributed by atoms with van der Waals surface area (Å²) in [5.74, 6) is 0.391. The number of imidazole rings is 1. The van der Waals surface area contributed by atoms with E-state index >= 15 is 0 Å². The Kier molecular flexibility index (Phi) is 4.90. The van der Waals surface area contributed by atoms with Gasteiger partial charge in [-0.25, -0.2) is 4.98 Å². The molecule has 2 amide bonds. The number of rotatable bonds is 5. The summed E-state index contributed by atoms with van der Waals surface area (Å²) < 4.78 is 0. The van der Waals surface area contributed by atoms with Crippen molar-refractivity contribution >= 4 is 39.9 Å². The quantitative estimate of drug-likeness (QED) is 0.537. The van der Waals surface area contributed by atoms with Gasteiger partial charge in [-0.05, 0) is 41.8 Å². The Morgan fingerprint density at radius 3 is 2.75 bits per heavy atom. The monoisotopic (exact) mass is 390 g/mol. The maximum atomic E-state index is 12.8. The zero-order valence-corrected chi connectivity index (χ0v) is 16.0. The third-order valence-corrected chi connectivity index (χ3v) is 5.15. The van der Waals surface area contributed by atoms with E-state index in [-0.39, 0.29) is 11.8 Å². The molecule has 140 valence electrons. The lowest BCUT2D eigenvalue weighted by Gasteiger charge is -2.16. The second-order valence-electron chi connectivity index (χ2n) is 6.37. The molecule has 0 saturated heterocycles. The first-order valence-electron chi connectivity index (χ1n) is 8.74. The van der Waals surface area contributed by atoms with Gasteiger partial charge < -0.3 is 15.2 Å². The number of anilines is 1. The van der Waals surface area contributed by atoms with E-state index in [1.807, 2.05) is 35.7 Å². The van der Waals surface area contributed by atoms with Crippen LogP contribution in [0.1, 0.15) is 25.9 Å². The van der Waals surface area contributed by atoms with Crippen LogP contribution in [0, 0.1) is 0 Å². The van der Waals surface area contributed by atoms with Gasteiger partial charge in [0, 0.05) is 18.3 Å². The van der Waals surface area contributed by atoms with E-state index in [0.717, 1.165) is 16.9 Å². The van der Waals surface area contributed by atoms with Gasteiger partial charge in [-0.2, -0.15) is 0 Å². The van der Waals surface area contributed by atoms with Crippen molar-refractivity contribution in [1.82, 2.24) is 14.9 Å². The highest BCUT2D eigenvalue weighted by Gasteiger charge is 2.15. The predicted molar refractivity (Wildman–Crippen MR) is 111 cm³/mol. The Bertz CT molecular complexity index is 1100. The third-order valence-electron chi connectivity index (χ3n) is 4.28. The predicted octanol–water partition coefficient (Wildman–Crippen LogP) is 4.15. The van der Waals surface area contributed by atoms with Crippen LogP contribution in [0.4, 0.5) is 5.69 Å². The Hall–Kier alpha value is -3.45. The molecule has 2 N–H and O–H groups in total. The SMILES string of the molecule is CN(Cc1nc2ccccc2[nH]1)C(=O)c1cccc(NC(=O)c2cccs2)c1. The number of hydrogen-bond donors (Lipinski definition) is 2. The van der Waals surface area contributed by atoms with Gasteiger partial charge in [0.1, 0.15) is 5.82 Å². The van der Waals surface area contributed by atoms with Crippen LogP contribution in [0.5, 0.6) is 0 Å². The number of nitrogens with one attached hydrogen (secondary N) is 2. The highest BCUT2D eigenvalue weighted by Crippen LogP contribution is 2.17. The Labute approximate surface area is 165 Å². The number of benzene rings is 2. The minimum Gasteiger partial charge on any atom is -0.340 e.